The fraction of sp³-hybridized carbons (Fsp3) is 0.195. The van der Waals surface area contributed by atoms with E-state index in [2.05, 4.69) is 118 Å². The van der Waals surface area contributed by atoms with Gasteiger partial charge in [-0.05, 0) is 53.4 Å². The Labute approximate surface area is 297 Å². The molecule has 10 heteroatoms. The Kier molecular flexibility index (Phi) is 8.47. The third kappa shape index (κ3) is 6.10. The minimum Gasteiger partial charge on any atom is -0.368 e. The minimum absolute atomic E-state index is 0.0191. The van der Waals surface area contributed by atoms with Gasteiger partial charge in [-0.2, -0.15) is 5.10 Å². The van der Waals surface area contributed by atoms with Gasteiger partial charge in [-0.15, -0.1) is 0 Å². The van der Waals surface area contributed by atoms with E-state index in [1.807, 2.05) is 17.2 Å². The zero-order valence-corrected chi connectivity index (χ0v) is 29.0. The van der Waals surface area contributed by atoms with Crippen LogP contribution >= 0.6 is 0 Å². The third-order valence-corrected chi connectivity index (χ3v) is 11.2. The second-order valence-corrected chi connectivity index (χ2v) is 15.2. The molecule has 0 amide bonds. The van der Waals surface area contributed by atoms with Crippen molar-refractivity contribution >= 4 is 32.2 Å². The SMILES string of the molecule is CS(=O)(=O)c1cc(F)cc(N2CCN(c3ncnc4ccc(-c5cnn(C(c6ccccc6)(c6ccccc6)C6C=CC=CC6)c5)cc34)CC2)c1. The molecule has 0 saturated carbocycles. The Morgan fingerprint density at radius 1 is 0.784 bits per heavy atom. The summed E-state index contributed by atoms with van der Waals surface area (Å²) < 4.78 is 40.8. The summed E-state index contributed by atoms with van der Waals surface area (Å²) in [7, 11) is -3.54. The summed E-state index contributed by atoms with van der Waals surface area (Å²) in [5.74, 6) is 0.387. The molecule has 1 atom stereocenters. The van der Waals surface area contributed by atoms with Crippen LogP contribution in [0.4, 0.5) is 15.9 Å². The summed E-state index contributed by atoms with van der Waals surface area (Å²) in [5, 5.41) is 6.03. The van der Waals surface area contributed by atoms with Gasteiger partial charge in [0.05, 0.1) is 16.6 Å². The summed E-state index contributed by atoms with van der Waals surface area (Å²) in [5.41, 5.74) is 5.12. The van der Waals surface area contributed by atoms with Crippen LogP contribution in [0.25, 0.3) is 22.0 Å². The van der Waals surface area contributed by atoms with E-state index in [0.29, 0.717) is 31.9 Å². The van der Waals surface area contributed by atoms with Crippen molar-refractivity contribution in [2.24, 2.45) is 5.92 Å². The van der Waals surface area contributed by atoms with Crippen LogP contribution in [0.3, 0.4) is 0 Å². The van der Waals surface area contributed by atoms with Crippen LogP contribution in [-0.2, 0) is 15.4 Å². The summed E-state index contributed by atoms with van der Waals surface area (Å²) in [6.07, 6.45) is 16.4. The van der Waals surface area contributed by atoms with Gasteiger partial charge in [-0.1, -0.05) is 91.0 Å². The Hall–Kier alpha value is -5.61. The number of nitrogens with zero attached hydrogens (tertiary/aromatic N) is 6. The molecule has 1 unspecified atom stereocenters. The number of aromatic nitrogens is 4. The molecule has 0 radical (unpaired) electrons. The van der Waals surface area contributed by atoms with Crippen LogP contribution in [0.1, 0.15) is 17.5 Å². The summed E-state index contributed by atoms with van der Waals surface area (Å²) >= 11 is 0. The predicted molar refractivity (Wildman–Crippen MR) is 200 cm³/mol. The van der Waals surface area contributed by atoms with Gasteiger partial charge in [-0.25, -0.2) is 22.8 Å². The second-order valence-electron chi connectivity index (χ2n) is 13.1. The number of fused-ring (bicyclic) bond motifs is 1. The summed E-state index contributed by atoms with van der Waals surface area (Å²) in [6, 6.07) is 31.5. The van der Waals surface area contributed by atoms with Gasteiger partial charge in [0.15, 0.2) is 9.84 Å². The van der Waals surface area contributed by atoms with Crippen LogP contribution in [0.5, 0.6) is 0 Å². The standard InChI is InChI=1S/C41H37FN6O2S/c1-51(49,50)37-25-35(42)24-36(26-37)46-19-21-47(22-20-46)40-38-23-30(17-18-39(38)43-29-44-40)31-27-45-48(28-31)41(32-11-5-2-6-12-32,33-13-7-3-8-14-33)34-15-9-4-10-16-34/h2-15,17-18,23-29,34H,16,19-22H2,1H3. The first-order valence-electron chi connectivity index (χ1n) is 17.1. The van der Waals surface area contributed by atoms with Crippen molar-refractivity contribution in [3.8, 4) is 11.1 Å². The molecule has 8 nitrogen and oxygen atoms in total. The lowest BCUT2D eigenvalue weighted by atomic mass is 9.70. The van der Waals surface area contributed by atoms with Crippen LogP contribution in [0, 0.1) is 11.7 Å². The van der Waals surface area contributed by atoms with E-state index in [9.17, 15) is 12.8 Å². The van der Waals surface area contributed by atoms with Crippen molar-refractivity contribution in [1.29, 1.82) is 0 Å². The highest BCUT2D eigenvalue weighted by atomic mass is 32.2. The fourth-order valence-corrected chi connectivity index (χ4v) is 8.23. The van der Waals surface area contributed by atoms with E-state index in [1.165, 1.54) is 6.07 Å². The molecule has 2 aliphatic rings. The number of halogens is 1. The first-order valence-corrected chi connectivity index (χ1v) is 18.9. The van der Waals surface area contributed by atoms with Gasteiger partial charge in [-0.3, -0.25) is 4.68 Å². The van der Waals surface area contributed by atoms with E-state index >= 15 is 0 Å². The number of allylic oxidation sites excluding steroid dienone is 4. The van der Waals surface area contributed by atoms with Crippen molar-refractivity contribution in [3.05, 3.63) is 157 Å². The molecular weight excluding hydrogens is 660 g/mol. The van der Waals surface area contributed by atoms with Crippen LogP contribution in [-0.4, -0.2) is 60.6 Å². The molecule has 2 aromatic heterocycles. The lowest BCUT2D eigenvalue weighted by molar-refractivity contribution is 0.293. The molecule has 1 fully saturated rings. The predicted octanol–water partition coefficient (Wildman–Crippen LogP) is 7.29. The maximum absolute atomic E-state index is 14.4. The molecule has 51 heavy (non-hydrogen) atoms. The Morgan fingerprint density at radius 2 is 1.49 bits per heavy atom. The Morgan fingerprint density at radius 3 is 2.16 bits per heavy atom. The highest BCUT2D eigenvalue weighted by molar-refractivity contribution is 7.90. The Bertz CT molecular complexity index is 2330. The maximum atomic E-state index is 14.4. The number of anilines is 2. The molecule has 0 bridgehead atoms. The first kappa shape index (κ1) is 32.6. The smallest absolute Gasteiger partial charge is 0.175 e. The number of rotatable bonds is 8. The number of hydrogen-bond donors (Lipinski definition) is 0. The summed E-state index contributed by atoms with van der Waals surface area (Å²) in [6.45, 7) is 2.41. The topological polar surface area (TPSA) is 84.2 Å². The number of hydrogen-bond acceptors (Lipinski definition) is 7. The number of piperazine rings is 1. The van der Waals surface area contributed by atoms with Gasteiger partial charge in [0.25, 0.3) is 0 Å². The van der Waals surface area contributed by atoms with Crippen LogP contribution in [0.2, 0.25) is 0 Å². The van der Waals surface area contributed by atoms with Crippen molar-refractivity contribution < 1.29 is 12.8 Å². The molecule has 1 aliphatic heterocycles. The van der Waals surface area contributed by atoms with Crippen LogP contribution in [0.15, 0.2) is 145 Å². The van der Waals surface area contributed by atoms with E-state index in [1.54, 1.807) is 12.4 Å². The van der Waals surface area contributed by atoms with Gasteiger partial charge in [0.2, 0.25) is 0 Å². The average molecular weight is 697 g/mol. The van der Waals surface area contributed by atoms with Crippen molar-refractivity contribution in [3.63, 3.8) is 0 Å². The molecule has 3 heterocycles. The molecule has 0 spiro atoms. The summed E-state index contributed by atoms with van der Waals surface area (Å²) in [4.78, 5) is 13.5. The van der Waals surface area contributed by atoms with Gasteiger partial charge in [0, 0.05) is 61.2 Å². The quantitative estimate of drug-likeness (QED) is 0.165. The highest BCUT2D eigenvalue weighted by Crippen LogP contribution is 2.44. The molecule has 0 N–H and O–H groups in total. The minimum atomic E-state index is -3.54. The molecule has 256 valence electrons. The molecular formula is C41H37FN6O2S. The fourth-order valence-electron chi connectivity index (χ4n) is 7.56. The van der Waals surface area contributed by atoms with E-state index in [0.717, 1.165) is 57.7 Å². The first-order chi connectivity index (χ1) is 24.8. The van der Waals surface area contributed by atoms with E-state index in [-0.39, 0.29) is 10.8 Å². The lowest BCUT2D eigenvalue weighted by Crippen LogP contribution is -2.47. The van der Waals surface area contributed by atoms with Gasteiger partial charge in [0.1, 0.15) is 23.5 Å². The Balaban J connectivity index is 1.14. The molecule has 4 aromatic carbocycles. The normalized spacial score (nSPS) is 16.5. The van der Waals surface area contributed by atoms with Gasteiger partial charge < -0.3 is 9.80 Å². The molecule has 6 aromatic rings. The number of sulfone groups is 1. The lowest BCUT2D eigenvalue weighted by Gasteiger charge is -2.41. The highest BCUT2D eigenvalue weighted by Gasteiger charge is 2.43. The zero-order chi connectivity index (χ0) is 35.0. The van der Waals surface area contributed by atoms with E-state index < -0.39 is 21.2 Å². The average Bonchev–Trinajstić information content (AvgIpc) is 3.66. The second kappa shape index (κ2) is 13.3. The van der Waals surface area contributed by atoms with Gasteiger partial charge >= 0.3 is 0 Å². The van der Waals surface area contributed by atoms with Crippen molar-refractivity contribution in [1.82, 2.24) is 19.7 Å². The number of benzene rings is 4. The maximum Gasteiger partial charge on any atom is 0.175 e. The molecule has 8 rings (SSSR count). The third-order valence-electron chi connectivity index (χ3n) is 10.1. The van der Waals surface area contributed by atoms with Crippen LogP contribution < -0.4 is 9.80 Å². The largest absolute Gasteiger partial charge is 0.368 e. The van der Waals surface area contributed by atoms with E-state index in [4.69, 9.17) is 10.1 Å². The van der Waals surface area contributed by atoms with Crippen molar-refractivity contribution in [2.75, 3.05) is 42.2 Å². The molecule has 1 aliphatic carbocycles. The molecule has 1 saturated heterocycles. The van der Waals surface area contributed by atoms with Crippen molar-refractivity contribution in [2.45, 2.75) is 16.9 Å². The zero-order valence-electron chi connectivity index (χ0n) is 28.2. The monoisotopic (exact) mass is 696 g/mol.